The summed E-state index contributed by atoms with van der Waals surface area (Å²) in [5.41, 5.74) is -0.653. The molecule has 6 nitrogen and oxygen atoms in total. The van der Waals surface area contributed by atoms with Crippen LogP contribution in [0.25, 0.3) is 0 Å². The molecule has 1 fully saturated rings. The van der Waals surface area contributed by atoms with Gasteiger partial charge in [0.05, 0.1) is 21.5 Å². The summed E-state index contributed by atoms with van der Waals surface area (Å²) in [6, 6.07) is 1.45. The number of carbonyl (C=O) groups is 2. The van der Waals surface area contributed by atoms with E-state index in [4.69, 9.17) is 23.2 Å². The summed E-state index contributed by atoms with van der Waals surface area (Å²) in [5, 5.41) is 9.49. The average molecular weight is 642 g/mol. The van der Waals surface area contributed by atoms with Gasteiger partial charge in [-0.1, -0.05) is 50.0 Å². The van der Waals surface area contributed by atoms with Gasteiger partial charge in [-0.3, -0.25) is 9.59 Å². The van der Waals surface area contributed by atoms with Crippen LogP contribution in [-0.4, -0.2) is 55.5 Å². The first-order valence-corrected chi connectivity index (χ1v) is 13.8. The van der Waals surface area contributed by atoms with Crippen LogP contribution >= 0.6 is 48.0 Å². The number of carbonyl (C=O) groups excluding carboxylic acids is 2. The predicted molar refractivity (Wildman–Crippen MR) is 162 cm³/mol. The van der Waals surface area contributed by atoms with E-state index in [9.17, 15) is 18.4 Å². The van der Waals surface area contributed by atoms with Crippen molar-refractivity contribution >= 4 is 65.5 Å². The molecular formula is C28H38Cl4F2N4O2. The van der Waals surface area contributed by atoms with Crippen LogP contribution in [0, 0.1) is 23.1 Å². The molecule has 224 valence electrons. The first kappa shape index (κ1) is 34.8. The normalized spacial score (nSPS) is 27.3. The number of hydrogen-bond donors (Lipinski definition) is 3. The molecule has 2 heterocycles. The number of amides is 2. The molecule has 4 rings (SSSR count). The van der Waals surface area contributed by atoms with Gasteiger partial charge in [-0.15, -0.1) is 24.8 Å². The first-order valence-electron chi connectivity index (χ1n) is 13.1. The molecule has 0 bridgehead atoms. The Balaban J connectivity index is 0.00000280. The smallest absolute Gasteiger partial charge is 0.240 e. The van der Waals surface area contributed by atoms with Crippen molar-refractivity contribution in [3.8, 4) is 0 Å². The van der Waals surface area contributed by atoms with Gasteiger partial charge in [0, 0.05) is 37.3 Å². The number of likely N-dealkylation sites (N-methyl/N-ethyl adjacent to an activating group) is 2. The first-order chi connectivity index (χ1) is 17.8. The highest BCUT2D eigenvalue weighted by Crippen LogP contribution is 2.57. The molecule has 12 heteroatoms. The number of allylic oxidation sites excluding steroid dienone is 4. The summed E-state index contributed by atoms with van der Waals surface area (Å²) >= 11 is 12.4. The van der Waals surface area contributed by atoms with Crippen LogP contribution in [0.1, 0.15) is 46.1 Å². The monoisotopic (exact) mass is 640 g/mol. The molecule has 1 spiro atoms. The Labute approximate surface area is 257 Å². The van der Waals surface area contributed by atoms with Crippen LogP contribution in [0.3, 0.4) is 0 Å². The third-order valence-electron chi connectivity index (χ3n) is 7.98. The van der Waals surface area contributed by atoms with Gasteiger partial charge in [0.15, 0.2) is 0 Å². The largest absolute Gasteiger partial charge is 0.340 e. The van der Waals surface area contributed by atoms with E-state index in [1.807, 2.05) is 14.0 Å². The van der Waals surface area contributed by atoms with Gasteiger partial charge in [0.1, 0.15) is 11.6 Å². The fourth-order valence-electron chi connectivity index (χ4n) is 6.39. The molecule has 1 aromatic rings. The van der Waals surface area contributed by atoms with Crippen molar-refractivity contribution in [1.82, 2.24) is 15.5 Å². The molecule has 1 aromatic carbocycles. The lowest BCUT2D eigenvalue weighted by Gasteiger charge is -2.41. The Morgan fingerprint density at radius 1 is 1.23 bits per heavy atom. The zero-order valence-electron chi connectivity index (χ0n) is 23.2. The summed E-state index contributed by atoms with van der Waals surface area (Å²) in [4.78, 5) is 30.0. The van der Waals surface area contributed by atoms with E-state index < -0.39 is 41.0 Å². The van der Waals surface area contributed by atoms with E-state index in [1.54, 1.807) is 11.0 Å². The van der Waals surface area contributed by atoms with Gasteiger partial charge in [0.25, 0.3) is 0 Å². The number of fused-ring (bicyclic) bond motifs is 2. The highest BCUT2D eigenvalue weighted by atomic mass is 35.5. The molecule has 3 N–H and O–H groups in total. The molecule has 2 aliphatic heterocycles. The summed E-state index contributed by atoms with van der Waals surface area (Å²) < 4.78 is 29.3. The van der Waals surface area contributed by atoms with Crippen molar-refractivity contribution in [2.24, 2.45) is 17.3 Å². The van der Waals surface area contributed by atoms with Crippen molar-refractivity contribution < 1.29 is 18.4 Å². The molecule has 3 aliphatic rings. The van der Waals surface area contributed by atoms with E-state index in [-0.39, 0.29) is 58.5 Å². The Morgan fingerprint density at radius 2 is 1.90 bits per heavy atom. The minimum atomic E-state index is -1.31. The topological polar surface area (TPSA) is 73.5 Å². The highest BCUT2D eigenvalue weighted by Gasteiger charge is 2.67. The Hall–Kier alpha value is -1.42. The molecule has 1 saturated heterocycles. The minimum absolute atomic E-state index is 0. The van der Waals surface area contributed by atoms with Crippen molar-refractivity contribution in [1.29, 1.82) is 0 Å². The molecule has 5 atom stereocenters. The molecule has 0 radical (unpaired) electrons. The third kappa shape index (κ3) is 6.18. The number of nitrogens with one attached hydrogen (secondary N) is 3. The van der Waals surface area contributed by atoms with Crippen LogP contribution < -0.4 is 16.0 Å². The van der Waals surface area contributed by atoms with Crippen molar-refractivity contribution in [3.63, 3.8) is 0 Å². The van der Waals surface area contributed by atoms with Crippen LogP contribution in [0.15, 0.2) is 35.1 Å². The minimum Gasteiger partial charge on any atom is -0.340 e. The average Bonchev–Trinajstić information content (AvgIpc) is 3.31. The Bertz CT molecular complexity index is 1190. The van der Waals surface area contributed by atoms with E-state index in [1.165, 1.54) is 18.2 Å². The number of halogens is 6. The van der Waals surface area contributed by atoms with Gasteiger partial charge in [0.2, 0.25) is 11.8 Å². The number of nitrogens with zero attached hydrogens (tertiary/aromatic N) is 1. The van der Waals surface area contributed by atoms with E-state index in [2.05, 4.69) is 36.7 Å². The quantitative estimate of drug-likeness (QED) is 0.343. The lowest BCUT2D eigenvalue weighted by molar-refractivity contribution is -0.134. The standard InChI is InChI=1S/C28H36Cl2F2N4O2.2ClH/c1-6-36(10-9-33-5)25(37)24-23(15-7-8-19(31)17(29)11-15)28(22(35-24)14-27(2,3)4)16-12-20(32)18(30)13-21(16)34-26(28)38;;/h7-8,12-13,15,22-24,33,35H,6,9-11,14H2,1-5H3,(H,34,38);2*1H/t15?,22-,23+,24-,28+;;/m1../s1. The molecule has 0 saturated carbocycles. The molecular weight excluding hydrogens is 604 g/mol. The van der Waals surface area contributed by atoms with E-state index in [0.717, 1.165) is 0 Å². The fraction of sp³-hybridized carbons (Fsp3) is 0.571. The number of benzene rings is 1. The third-order valence-corrected chi connectivity index (χ3v) is 8.60. The predicted octanol–water partition coefficient (Wildman–Crippen LogP) is 5.97. The zero-order chi connectivity index (χ0) is 28.0. The van der Waals surface area contributed by atoms with Crippen molar-refractivity contribution in [2.75, 3.05) is 32.0 Å². The van der Waals surface area contributed by atoms with Crippen LogP contribution in [0.2, 0.25) is 5.02 Å². The second-order valence-electron chi connectivity index (χ2n) is 11.6. The van der Waals surface area contributed by atoms with Crippen LogP contribution in [-0.2, 0) is 15.0 Å². The second-order valence-corrected chi connectivity index (χ2v) is 12.5. The Kier molecular flexibility index (Phi) is 11.5. The van der Waals surface area contributed by atoms with Gasteiger partial charge in [-0.25, -0.2) is 8.78 Å². The summed E-state index contributed by atoms with van der Waals surface area (Å²) in [7, 11) is 1.82. The maximum atomic E-state index is 15.0. The maximum Gasteiger partial charge on any atom is 0.240 e. The van der Waals surface area contributed by atoms with Gasteiger partial charge in [-0.05, 0) is 61.9 Å². The second kappa shape index (κ2) is 13.3. The molecule has 40 heavy (non-hydrogen) atoms. The number of hydrogen-bond acceptors (Lipinski definition) is 4. The van der Waals surface area contributed by atoms with Gasteiger partial charge >= 0.3 is 0 Å². The summed E-state index contributed by atoms with van der Waals surface area (Å²) in [6.45, 7) is 9.65. The number of anilines is 1. The molecule has 2 amide bonds. The van der Waals surface area contributed by atoms with Crippen LogP contribution in [0.4, 0.5) is 14.5 Å². The Morgan fingerprint density at radius 3 is 2.48 bits per heavy atom. The zero-order valence-corrected chi connectivity index (χ0v) is 26.4. The van der Waals surface area contributed by atoms with Crippen molar-refractivity contribution in [2.45, 2.75) is 58.0 Å². The van der Waals surface area contributed by atoms with Crippen molar-refractivity contribution in [3.05, 3.63) is 51.5 Å². The SMILES string of the molecule is CCN(CCNC)C(=O)[C@@H]1N[C@H](CC(C)(C)C)[C@]2(C(=O)Nc3cc(Cl)c(F)cc32)[C@H]1C1C=CC(F)=C(Cl)C1.Cl.Cl. The number of rotatable bonds is 7. The molecule has 1 aliphatic carbocycles. The fourth-order valence-corrected chi connectivity index (χ4v) is 6.80. The van der Waals surface area contributed by atoms with Gasteiger partial charge in [-0.2, -0.15) is 0 Å². The lowest BCUT2D eigenvalue weighted by Crippen LogP contribution is -2.53. The molecule has 1 unspecified atom stereocenters. The van der Waals surface area contributed by atoms with Gasteiger partial charge < -0.3 is 20.9 Å². The summed E-state index contributed by atoms with van der Waals surface area (Å²) in [6.07, 6.45) is 3.65. The van der Waals surface area contributed by atoms with E-state index in [0.29, 0.717) is 37.3 Å². The molecule has 0 aromatic heterocycles. The van der Waals surface area contributed by atoms with E-state index >= 15 is 0 Å². The summed E-state index contributed by atoms with van der Waals surface area (Å²) in [5.74, 6) is -2.77. The lowest BCUT2D eigenvalue weighted by atomic mass is 9.60. The van der Waals surface area contributed by atoms with Crippen LogP contribution in [0.5, 0.6) is 0 Å². The maximum absolute atomic E-state index is 15.0. The highest BCUT2D eigenvalue weighted by molar-refractivity contribution is 6.31.